The number of benzene rings is 2. The predicted octanol–water partition coefficient (Wildman–Crippen LogP) is 5.15. The number of nitrogen functional groups attached to an aromatic ring is 1. The van der Waals surface area contributed by atoms with Gasteiger partial charge in [-0.15, -0.1) is 12.4 Å². The number of halogens is 3. The molecule has 1 unspecified atom stereocenters. The topological polar surface area (TPSA) is 46.3 Å². The van der Waals surface area contributed by atoms with Gasteiger partial charge in [0.25, 0.3) is 0 Å². The fourth-order valence-electron chi connectivity index (χ4n) is 2.44. The molecule has 0 aromatic heterocycles. The van der Waals surface area contributed by atoms with Gasteiger partial charge in [0.05, 0.1) is 6.04 Å². The van der Waals surface area contributed by atoms with E-state index in [9.17, 15) is 4.79 Å². The van der Waals surface area contributed by atoms with E-state index in [1.54, 1.807) is 24.1 Å². The zero-order chi connectivity index (χ0) is 17.0. The first-order valence-electron chi connectivity index (χ1n) is 7.44. The SMILES string of the molecule is CC(c1ccc(Cl)cc1Cl)N(C)C(=O)CCc1ccccc1N.Cl. The van der Waals surface area contributed by atoms with E-state index < -0.39 is 0 Å². The maximum atomic E-state index is 12.4. The number of aryl methyl sites for hydroxylation is 1. The molecule has 0 aliphatic heterocycles. The summed E-state index contributed by atoms with van der Waals surface area (Å²) in [4.78, 5) is 14.1. The summed E-state index contributed by atoms with van der Waals surface area (Å²) in [5.74, 6) is 0.0479. The van der Waals surface area contributed by atoms with Crippen molar-refractivity contribution in [2.45, 2.75) is 25.8 Å². The Morgan fingerprint density at radius 1 is 1.21 bits per heavy atom. The molecule has 130 valence electrons. The number of carbonyl (C=O) groups excluding carboxylic acids is 1. The van der Waals surface area contributed by atoms with Crippen molar-refractivity contribution in [3.05, 3.63) is 63.6 Å². The van der Waals surface area contributed by atoms with E-state index in [4.69, 9.17) is 28.9 Å². The Bertz CT molecular complexity index is 706. The average Bonchev–Trinajstić information content (AvgIpc) is 2.52. The van der Waals surface area contributed by atoms with Crippen LogP contribution in [0.25, 0.3) is 0 Å². The number of hydrogen-bond donors (Lipinski definition) is 1. The lowest BCUT2D eigenvalue weighted by atomic mass is 10.0. The van der Waals surface area contributed by atoms with Gasteiger partial charge in [-0.2, -0.15) is 0 Å². The molecule has 6 heteroatoms. The standard InChI is InChI=1S/C18H20Cl2N2O.ClH/c1-12(15-9-8-14(19)11-16(15)20)22(2)18(23)10-7-13-5-3-4-6-17(13)21;/h3-6,8-9,11-12H,7,10,21H2,1-2H3;1H. The maximum Gasteiger partial charge on any atom is 0.223 e. The molecule has 0 saturated heterocycles. The third-order valence-electron chi connectivity index (χ3n) is 4.05. The molecule has 1 amide bonds. The number of para-hydroxylation sites is 1. The van der Waals surface area contributed by atoms with E-state index in [1.807, 2.05) is 37.3 Å². The molecule has 0 saturated carbocycles. The highest BCUT2D eigenvalue weighted by Crippen LogP contribution is 2.29. The van der Waals surface area contributed by atoms with Crippen molar-refractivity contribution in [2.75, 3.05) is 12.8 Å². The monoisotopic (exact) mass is 386 g/mol. The van der Waals surface area contributed by atoms with Gasteiger partial charge in [-0.25, -0.2) is 0 Å². The Balaban J connectivity index is 0.00000288. The highest BCUT2D eigenvalue weighted by molar-refractivity contribution is 6.35. The van der Waals surface area contributed by atoms with Crippen LogP contribution in [0.5, 0.6) is 0 Å². The van der Waals surface area contributed by atoms with E-state index in [-0.39, 0.29) is 24.4 Å². The third kappa shape index (κ3) is 5.04. The summed E-state index contributed by atoms with van der Waals surface area (Å²) < 4.78 is 0. The lowest BCUT2D eigenvalue weighted by molar-refractivity contribution is -0.131. The molecule has 0 aliphatic carbocycles. The number of amides is 1. The third-order valence-corrected chi connectivity index (χ3v) is 4.61. The van der Waals surface area contributed by atoms with Crippen LogP contribution >= 0.6 is 35.6 Å². The molecule has 0 heterocycles. The van der Waals surface area contributed by atoms with E-state index in [0.29, 0.717) is 22.9 Å². The van der Waals surface area contributed by atoms with Gasteiger partial charge in [-0.05, 0) is 42.7 Å². The van der Waals surface area contributed by atoms with Gasteiger partial charge >= 0.3 is 0 Å². The van der Waals surface area contributed by atoms with Gasteiger partial charge in [0, 0.05) is 29.2 Å². The molecule has 0 bridgehead atoms. The minimum absolute atomic E-state index is 0. The Hall–Kier alpha value is -1.42. The summed E-state index contributed by atoms with van der Waals surface area (Å²) in [6, 6.07) is 12.8. The van der Waals surface area contributed by atoms with Crippen molar-refractivity contribution in [1.82, 2.24) is 4.90 Å². The average molecular weight is 388 g/mol. The van der Waals surface area contributed by atoms with E-state index in [1.165, 1.54) is 0 Å². The summed E-state index contributed by atoms with van der Waals surface area (Å²) in [6.45, 7) is 1.95. The van der Waals surface area contributed by atoms with Crippen LogP contribution in [-0.4, -0.2) is 17.9 Å². The van der Waals surface area contributed by atoms with E-state index >= 15 is 0 Å². The molecule has 0 spiro atoms. The first-order chi connectivity index (χ1) is 10.9. The van der Waals surface area contributed by atoms with Crippen molar-refractivity contribution in [3.8, 4) is 0 Å². The highest BCUT2D eigenvalue weighted by atomic mass is 35.5. The summed E-state index contributed by atoms with van der Waals surface area (Å²) in [6.07, 6.45) is 1.02. The number of rotatable bonds is 5. The largest absolute Gasteiger partial charge is 0.399 e. The number of nitrogens with two attached hydrogens (primary N) is 1. The first kappa shape index (κ1) is 20.6. The van der Waals surface area contributed by atoms with Crippen LogP contribution in [0.3, 0.4) is 0 Å². The Morgan fingerprint density at radius 2 is 1.88 bits per heavy atom. The Morgan fingerprint density at radius 3 is 2.50 bits per heavy atom. The molecule has 3 nitrogen and oxygen atoms in total. The quantitative estimate of drug-likeness (QED) is 0.721. The summed E-state index contributed by atoms with van der Waals surface area (Å²) in [5, 5.41) is 1.15. The Labute approximate surface area is 159 Å². The molecule has 0 fully saturated rings. The van der Waals surface area contributed by atoms with Gasteiger partial charge in [0.2, 0.25) is 5.91 Å². The predicted molar refractivity (Wildman–Crippen MR) is 104 cm³/mol. The fourth-order valence-corrected chi connectivity index (χ4v) is 3.01. The van der Waals surface area contributed by atoms with Crippen molar-refractivity contribution < 1.29 is 4.79 Å². The van der Waals surface area contributed by atoms with E-state index in [0.717, 1.165) is 16.8 Å². The highest BCUT2D eigenvalue weighted by Gasteiger charge is 2.19. The van der Waals surface area contributed by atoms with Crippen molar-refractivity contribution in [2.24, 2.45) is 0 Å². The second kappa shape index (κ2) is 9.16. The summed E-state index contributed by atoms with van der Waals surface area (Å²) in [7, 11) is 1.78. The number of hydrogen-bond acceptors (Lipinski definition) is 2. The van der Waals surface area contributed by atoms with Gasteiger partial charge in [-0.1, -0.05) is 47.5 Å². The van der Waals surface area contributed by atoms with Crippen LogP contribution in [0.2, 0.25) is 10.0 Å². The van der Waals surface area contributed by atoms with Crippen molar-refractivity contribution >= 4 is 47.2 Å². The van der Waals surface area contributed by atoms with Gasteiger partial charge in [0.15, 0.2) is 0 Å². The maximum absolute atomic E-state index is 12.4. The molecule has 2 aromatic carbocycles. The second-order valence-electron chi connectivity index (χ2n) is 5.55. The van der Waals surface area contributed by atoms with Crippen LogP contribution < -0.4 is 5.73 Å². The lowest BCUT2D eigenvalue weighted by Gasteiger charge is -2.26. The normalized spacial score (nSPS) is 11.5. The van der Waals surface area contributed by atoms with Crippen LogP contribution in [0, 0.1) is 0 Å². The lowest BCUT2D eigenvalue weighted by Crippen LogP contribution is -2.30. The van der Waals surface area contributed by atoms with Gasteiger partial charge in [-0.3, -0.25) is 4.79 Å². The first-order valence-corrected chi connectivity index (χ1v) is 8.19. The molecule has 0 aliphatic rings. The summed E-state index contributed by atoms with van der Waals surface area (Å²) in [5.41, 5.74) is 8.50. The van der Waals surface area contributed by atoms with Crippen LogP contribution in [0.4, 0.5) is 5.69 Å². The number of anilines is 1. The molecule has 0 radical (unpaired) electrons. The second-order valence-corrected chi connectivity index (χ2v) is 6.39. The molecular weight excluding hydrogens is 367 g/mol. The minimum atomic E-state index is -0.125. The molecule has 2 N–H and O–H groups in total. The molecule has 2 rings (SSSR count). The molecule has 1 atom stereocenters. The Kier molecular flexibility index (Phi) is 7.88. The zero-order valence-electron chi connectivity index (χ0n) is 13.6. The summed E-state index contributed by atoms with van der Waals surface area (Å²) >= 11 is 12.1. The van der Waals surface area contributed by atoms with Crippen molar-refractivity contribution in [1.29, 1.82) is 0 Å². The molecule has 24 heavy (non-hydrogen) atoms. The van der Waals surface area contributed by atoms with Crippen LogP contribution in [-0.2, 0) is 11.2 Å². The molecular formula is C18H21Cl3N2O. The van der Waals surface area contributed by atoms with Crippen LogP contribution in [0.1, 0.15) is 30.5 Å². The van der Waals surface area contributed by atoms with E-state index in [2.05, 4.69) is 0 Å². The van der Waals surface area contributed by atoms with Gasteiger partial charge in [0.1, 0.15) is 0 Å². The minimum Gasteiger partial charge on any atom is -0.399 e. The number of carbonyl (C=O) groups is 1. The van der Waals surface area contributed by atoms with Gasteiger partial charge < -0.3 is 10.6 Å². The van der Waals surface area contributed by atoms with Crippen LogP contribution in [0.15, 0.2) is 42.5 Å². The zero-order valence-corrected chi connectivity index (χ0v) is 16.0. The molecule has 2 aromatic rings. The smallest absolute Gasteiger partial charge is 0.223 e. The van der Waals surface area contributed by atoms with Crippen molar-refractivity contribution in [3.63, 3.8) is 0 Å². The number of nitrogens with zero attached hydrogens (tertiary/aromatic N) is 1. The fraction of sp³-hybridized carbons (Fsp3) is 0.278.